The van der Waals surface area contributed by atoms with Gasteiger partial charge in [0.15, 0.2) is 18.1 Å². The Labute approximate surface area is 528 Å². The molecule has 1 saturated heterocycles. The number of fused-ring (bicyclic) bond motifs is 4. The van der Waals surface area contributed by atoms with Gasteiger partial charge in [-0.2, -0.15) is 0 Å². The van der Waals surface area contributed by atoms with Crippen molar-refractivity contribution >= 4 is 63.9 Å². The van der Waals surface area contributed by atoms with Crippen molar-refractivity contribution in [3.8, 4) is 23.0 Å². The predicted molar refractivity (Wildman–Crippen MR) is 337 cm³/mol. The Kier molecular flexibility index (Phi) is 25.7. The molecule has 22 heteroatoms. The number of amides is 6. The third-order valence-corrected chi connectivity index (χ3v) is 16.1. The molecular formula is C68H90N6O16. The van der Waals surface area contributed by atoms with E-state index >= 15 is 4.79 Å². The van der Waals surface area contributed by atoms with Crippen molar-refractivity contribution in [2.75, 3.05) is 81.9 Å². The SMILES string of the molecule is CCCC[C@H]1C(=O)N[C@@H](Cc2ccc3ccccc3c2)C(=O)N(C)[C@@H](COC(C)(C)C)C(=O)NCC(=O)N(C)CC/C=C/C(=O)OCC(C)(C)C(=O)C(=O)N2CCCC[C@H]2C(=O)O[C@H](CCc2cc(OC)c(OC)cc2OC)c2cccc(c2)OCC(=O)N1C. The third-order valence-electron chi connectivity index (χ3n) is 16.1. The Morgan fingerprint density at radius 3 is 2.13 bits per heavy atom. The van der Waals surface area contributed by atoms with Crippen molar-refractivity contribution in [3.05, 3.63) is 108 Å². The molecule has 1 fully saturated rings. The summed E-state index contributed by atoms with van der Waals surface area (Å²) in [5.41, 5.74) is -0.403. The Balaban J connectivity index is 1.37. The van der Waals surface area contributed by atoms with Crippen LogP contribution in [0, 0.1) is 5.41 Å². The summed E-state index contributed by atoms with van der Waals surface area (Å²) in [6.45, 7) is 8.73. The van der Waals surface area contributed by atoms with E-state index in [4.69, 9.17) is 33.2 Å². The summed E-state index contributed by atoms with van der Waals surface area (Å²) in [5, 5.41) is 7.49. The molecule has 0 radical (unpaired) electrons. The normalized spacial score (nSPS) is 21.7. The Bertz CT molecular complexity index is 3230. The van der Waals surface area contributed by atoms with E-state index in [-0.39, 0.29) is 64.0 Å². The van der Waals surface area contributed by atoms with Crippen LogP contribution in [0.2, 0.25) is 0 Å². The molecule has 6 amide bonds. The molecule has 0 spiro atoms. The van der Waals surface area contributed by atoms with Gasteiger partial charge in [0.25, 0.3) is 11.8 Å². The van der Waals surface area contributed by atoms with Gasteiger partial charge in [-0.05, 0) is 125 Å². The Morgan fingerprint density at radius 2 is 1.43 bits per heavy atom. The number of rotatable bonds is 13. The van der Waals surface area contributed by atoms with Gasteiger partial charge in [-0.3, -0.25) is 33.6 Å². The van der Waals surface area contributed by atoms with Gasteiger partial charge in [-0.25, -0.2) is 9.59 Å². The lowest BCUT2D eigenvalue weighted by atomic mass is 9.87. The van der Waals surface area contributed by atoms with Gasteiger partial charge in [0.05, 0.1) is 45.5 Å². The number of Topliss-reactive ketones (excluding diaryl/α,β-unsaturated/α-hetero) is 1. The van der Waals surface area contributed by atoms with Crippen LogP contribution in [0.1, 0.15) is 116 Å². The van der Waals surface area contributed by atoms with Gasteiger partial charge in [0, 0.05) is 52.8 Å². The number of carbonyl (C=O) groups is 9. The number of hydrogen-bond donors (Lipinski definition) is 2. The third kappa shape index (κ3) is 19.5. The van der Waals surface area contributed by atoms with Crippen LogP contribution < -0.4 is 29.6 Å². The van der Waals surface area contributed by atoms with Crippen LogP contribution in [0.25, 0.3) is 10.8 Å². The number of esters is 2. The summed E-state index contributed by atoms with van der Waals surface area (Å²) in [7, 11) is 8.96. The average Bonchev–Trinajstić information content (AvgIpc) is 2.38. The number of carbonyl (C=O) groups excluding carboxylic acids is 9. The first-order valence-electron chi connectivity index (χ1n) is 30.7. The quantitative estimate of drug-likeness (QED) is 0.102. The fraction of sp³-hybridized carbons (Fsp3) is 0.515. The van der Waals surface area contributed by atoms with Crippen molar-refractivity contribution in [2.45, 2.75) is 142 Å². The zero-order chi connectivity index (χ0) is 65.9. The molecule has 4 aromatic carbocycles. The second-order valence-electron chi connectivity index (χ2n) is 24.4. The fourth-order valence-corrected chi connectivity index (χ4v) is 10.6. The van der Waals surface area contributed by atoms with Gasteiger partial charge in [0.1, 0.15) is 48.4 Å². The molecule has 22 nitrogen and oxygen atoms in total. The summed E-state index contributed by atoms with van der Waals surface area (Å²) in [6.07, 6.45) is 4.94. The predicted octanol–water partition coefficient (Wildman–Crippen LogP) is 6.90. The first-order chi connectivity index (χ1) is 42.8. The number of ketones is 1. The number of ether oxygens (including phenoxy) is 7. The van der Waals surface area contributed by atoms with Crippen LogP contribution in [-0.2, 0) is 70.2 Å². The number of likely N-dealkylation sites (N-methyl/N-ethyl adjacent to an activating group) is 3. The maximum Gasteiger partial charge on any atom is 0.330 e. The summed E-state index contributed by atoms with van der Waals surface area (Å²) >= 11 is 0. The Hall–Kier alpha value is -8.53. The van der Waals surface area contributed by atoms with Crippen molar-refractivity contribution in [3.63, 3.8) is 0 Å². The molecule has 90 heavy (non-hydrogen) atoms. The van der Waals surface area contributed by atoms with E-state index in [1.54, 1.807) is 57.2 Å². The van der Waals surface area contributed by atoms with E-state index in [0.29, 0.717) is 59.6 Å². The summed E-state index contributed by atoms with van der Waals surface area (Å²) in [5.74, 6) is -4.82. The number of aryl methyl sites for hydroxylation is 1. The molecule has 2 N–H and O–H groups in total. The zero-order valence-corrected chi connectivity index (χ0v) is 54.2. The van der Waals surface area contributed by atoms with E-state index in [1.165, 1.54) is 82.0 Å². The number of methoxy groups -OCH3 is 3. The molecule has 2 bridgehead atoms. The highest BCUT2D eigenvalue weighted by Gasteiger charge is 2.43. The molecule has 6 rings (SSSR count). The standard InChI is InChI=1S/C68H90N6O16/c1-13-14-26-51-63(80)70-50(36-44-29-30-45-22-15-16-23-46(45)35-44)64(81)73(9)53(41-89-67(2,3)4)62(79)69-40-58(75)71(7)33-19-18-28-60(77)88-43-68(5,6)61(78)65(82)74-34-20-17-27-52(74)66(83)90-54(47-24-21-25-49(37-47)87-42-59(76)72(51)8)32-31-48-38-56(85-11)57(86-12)39-55(48)84-10/h15-16,18,21-25,28-30,35,37-39,50-54H,13-14,17,19-20,26-27,31-34,36,40-43H2,1-12H3,(H,69,79)(H,70,80)/b28-18+/t50-,51-,52-,53-,54+/m0/s1. The number of hydrogen-bond acceptors (Lipinski definition) is 16. The zero-order valence-electron chi connectivity index (χ0n) is 54.2. The maximum atomic E-state index is 15.1. The lowest BCUT2D eigenvalue weighted by Crippen LogP contribution is -2.59. The minimum Gasteiger partial charge on any atom is -0.496 e. The van der Waals surface area contributed by atoms with Crippen LogP contribution in [0.5, 0.6) is 23.0 Å². The molecule has 4 aromatic rings. The van der Waals surface area contributed by atoms with E-state index < -0.39 is 114 Å². The highest BCUT2D eigenvalue weighted by molar-refractivity contribution is 6.38. The van der Waals surface area contributed by atoms with Crippen LogP contribution >= 0.6 is 0 Å². The second kappa shape index (κ2) is 32.8. The van der Waals surface area contributed by atoms with Gasteiger partial charge in [0.2, 0.25) is 29.4 Å². The van der Waals surface area contributed by atoms with E-state index in [1.807, 2.05) is 49.4 Å². The van der Waals surface area contributed by atoms with Gasteiger partial charge in [-0.1, -0.05) is 80.4 Å². The number of nitrogens with zero attached hydrogens (tertiary/aromatic N) is 4. The van der Waals surface area contributed by atoms with Gasteiger partial charge >= 0.3 is 11.9 Å². The molecular weight excluding hydrogens is 1160 g/mol. The molecule has 0 unspecified atom stereocenters. The number of unbranched alkanes of at least 4 members (excludes halogenated alkanes) is 1. The van der Waals surface area contributed by atoms with E-state index in [0.717, 1.165) is 16.8 Å². The molecule has 0 aliphatic carbocycles. The summed E-state index contributed by atoms with van der Waals surface area (Å²) in [4.78, 5) is 133. The number of cyclic esters (lactones) is 2. The summed E-state index contributed by atoms with van der Waals surface area (Å²) in [6, 6.07) is 18.7. The molecule has 2 heterocycles. The van der Waals surface area contributed by atoms with Crippen molar-refractivity contribution in [1.29, 1.82) is 0 Å². The van der Waals surface area contributed by atoms with Crippen molar-refractivity contribution in [1.82, 2.24) is 30.2 Å². The first kappa shape index (κ1) is 70.6. The maximum absolute atomic E-state index is 15.1. The van der Waals surface area contributed by atoms with Crippen LogP contribution in [0.3, 0.4) is 0 Å². The summed E-state index contributed by atoms with van der Waals surface area (Å²) < 4.78 is 41.0. The monoisotopic (exact) mass is 1250 g/mol. The highest BCUT2D eigenvalue weighted by Crippen LogP contribution is 2.37. The Morgan fingerprint density at radius 1 is 0.722 bits per heavy atom. The first-order valence-corrected chi connectivity index (χ1v) is 30.7. The van der Waals surface area contributed by atoms with Crippen LogP contribution in [-0.4, -0.2) is 184 Å². The van der Waals surface area contributed by atoms with Crippen molar-refractivity contribution in [2.24, 2.45) is 5.41 Å². The van der Waals surface area contributed by atoms with Gasteiger partial charge < -0.3 is 63.4 Å². The highest BCUT2D eigenvalue weighted by atomic mass is 16.5. The van der Waals surface area contributed by atoms with Gasteiger partial charge in [-0.15, -0.1) is 0 Å². The van der Waals surface area contributed by atoms with E-state index in [9.17, 15) is 38.4 Å². The topological polar surface area (TPSA) is 255 Å². The van der Waals surface area contributed by atoms with Crippen LogP contribution in [0.15, 0.2) is 91.0 Å². The smallest absolute Gasteiger partial charge is 0.330 e. The molecule has 2 aliphatic heterocycles. The number of piperidine rings is 1. The minimum absolute atomic E-state index is 0.00584. The lowest BCUT2D eigenvalue weighted by molar-refractivity contribution is -0.165. The van der Waals surface area contributed by atoms with Crippen molar-refractivity contribution < 1.29 is 76.3 Å². The van der Waals surface area contributed by atoms with Crippen LogP contribution in [0.4, 0.5) is 0 Å². The largest absolute Gasteiger partial charge is 0.496 e. The number of benzene rings is 4. The molecule has 488 valence electrons. The fourth-order valence-electron chi connectivity index (χ4n) is 10.6. The number of nitrogens with one attached hydrogen (secondary N) is 2. The molecule has 2 aliphatic rings. The van der Waals surface area contributed by atoms with E-state index in [2.05, 4.69) is 10.6 Å². The molecule has 0 aromatic heterocycles. The second-order valence-corrected chi connectivity index (χ2v) is 24.4. The minimum atomic E-state index is -1.51. The molecule has 0 saturated carbocycles. The average molecular weight is 1250 g/mol. The molecule has 5 atom stereocenters. The lowest BCUT2D eigenvalue weighted by Gasteiger charge is -2.36.